The lowest BCUT2D eigenvalue weighted by molar-refractivity contribution is -0.205. The Morgan fingerprint density at radius 3 is 2.42 bits per heavy atom. The zero-order valence-corrected chi connectivity index (χ0v) is 20.1. The smallest absolute Gasteiger partial charge is 0.441 e. The predicted molar refractivity (Wildman–Crippen MR) is 121 cm³/mol. The highest BCUT2D eigenvalue weighted by molar-refractivity contribution is 7.89. The summed E-state index contributed by atoms with van der Waals surface area (Å²) in [6, 6.07) is 3.64. The number of alkyl halides is 3. The van der Waals surface area contributed by atoms with E-state index in [1.807, 2.05) is 0 Å². The second-order valence-electron chi connectivity index (χ2n) is 9.19. The number of piperidine rings is 2. The molecule has 3 N–H and O–H groups in total. The fraction of sp³-hybridized carbons (Fsp3) is 0.591. The van der Waals surface area contributed by atoms with Gasteiger partial charge in [-0.2, -0.15) is 13.2 Å². The molecule has 0 radical (unpaired) electrons. The van der Waals surface area contributed by atoms with Crippen molar-refractivity contribution in [2.45, 2.75) is 44.0 Å². The van der Waals surface area contributed by atoms with Crippen LogP contribution in [0.15, 0.2) is 18.2 Å². The number of anilines is 1. The van der Waals surface area contributed by atoms with E-state index in [1.165, 1.54) is 22.5 Å². The molecule has 0 saturated carbocycles. The fourth-order valence-electron chi connectivity index (χ4n) is 4.66. The molecule has 2 saturated heterocycles. The molecule has 1 aromatic carbocycles. The number of carbonyl (C=O) groups is 3. The molecule has 3 aliphatic heterocycles. The van der Waals surface area contributed by atoms with Crippen molar-refractivity contribution in [1.29, 1.82) is 0 Å². The Balaban J connectivity index is 1.34. The number of hydrogen-bond acceptors (Lipinski definition) is 7. The van der Waals surface area contributed by atoms with Crippen LogP contribution in [-0.2, 0) is 24.3 Å². The van der Waals surface area contributed by atoms with Crippen LogP contribution in [0.5, 0.6) is 0 Å². The van der Waals surface area contributed by atoms with Gasteiger partial charge in [0.2, 0.25) is 16.1 Å². The Morgan fingerprint density at radius 1 is 1.11 bits per heavy atom. The number of halogens is 3. The summed E-state index contributed by atoms with van der Waals surface area (Å²) in [6.07, 6.45) is -4.63. The first-order valence-electron chi connectivity index (χ1n) is 11.7. The Bertz CT molecular complexity index is 1130. The summed E-state index contributed by atoms with van der Waals surface area (Å²) in [7, 11) is -3.39. The standard InChI is InChI=1S/C22H27F3N4O6S/c23-22(24,25)21(32)35-18-16-11-14(1-2-17(16)28-20(18)31)19(30)27-15-5-9-29(10-6-15)36(33,34)12-13-3-7-26-8-4-13/h1-2,11,13,15,18,26H,3-10,12H2,(H,27,30)(H,28,31). The zero-order chi connectivity index (χ0) is 26.1. The largest absolute Gasteiger partial charge is 0.490 e. The monoisotopic (exact) mass is 532 g/mol. The van der Waals surface area contributed by atoms with Gasteiger partial charge in [-0.25, -0.2) is 17.5 Å². The van der Waals surface area contributed by atoms with Crippen molar-refractivity contribution in [3.63, 3.8) is 0 Å². The number of hydrogen-bond donors (Lipinski definition) is 3. The van der Waals surface area contributed by atoms with Gasteiger partial charge in [0.15, 0.2) is 0 Å². The summed E-state index contributed by atoms with van der Waals surface area (Å²) in [6.45, 7) is 2.17. The maximum Gasteiger partial charge on any atom is 0.490 e. The average Bonchev–Trinajstić information content (AvgIpc) is 3.13. The third-order valence-electron chi connectivity index (χ3n) is 6.64. The fourth-order valence-corrected chi connectivity index (χ4v) is 6.57. The van der Waals surface area contributed by atoms with Crippen LogP contribution in [0.3, 0.4) is 0 Å². The minimum atomic E-state index is -5.27. The minimum absolute atomic E-state index is 0.0518. The van der Waals surface area contributed by atoms with Crippen molar-refractivity contribution in [3.05, 3.63) is 29.3 Å². The average molecular weight is 533 g/mol. The molecule has 0 aromatic heterocycles. The van der Waals surface area contributed by atoms with Crippen molar-refractivity contribution in [3.8, 4) is 0 Å². The molecule has 1 aromatic rings. The number of sulfonamides is 1. The second kappa shape index (κ2) is 10.3. The van der Waals surface area contributed by atoms with Gasteiger partial charge in [-0.05, 0) is 62.9 Å². The van der Waals surface area contributed by atoms with E-state index < -0.39 is 40.1 Å². The molecule has 0 aliphatic carbocycles. The van der Waals surface area contributed by atoms with Crippen LogP contribution >= 0.6 is 0 Å². The third kappa shape index (κ3) is 5.98. The van der Waals surface area contributed by atoms with Gasteiger partial charge in [0.05, 0.1) is 5.75 Å². The molecule has 0 bridgehead atoms. The zero-order valence-electron chi connectivity index (χ0n) is 19.3. The van der Waals surface area contributed by atoms with Crippen molar-refractivity contribution in [2.24, 2.45) is 5.92 Å². The Kier molecular flexibility index (Phi) is 7.57. The molecule has 3 heterocycles. The van der Waals surface area contributed by atoms with Gasteiger partial charge in [-0.15, -0.1) is 0 Å². The third-order valence-corrected chi connectivity index (χ3v) is 8.68. The first-order valence-corrected chi connectivity index (χ1v) is 13.3. The molecule has 14 heteroatoms. The molecule has 198 valence electrons. The summed E-state index contributed by atoms with van der Waals surface area (Å²) in [5.74, 6) is -3.73. The topological polar surface area (TPSA) is 134 Å². The van der Waals surface area contributed by atoms with Crippen LogP contribution in [0.4, 0.5) is 18.9 Å². The number of carbonyl (C=O) groups excluding carboxylic acids is 3. The number of benzene rings is 1. The Morgan fingerprint density at radius 2 is 1.78 bits per heavy atom. The maximum absolute atomic E-state index is 12.8. The van der Waals surface area contributed by atoms with E-state index in [1.54, 1.807) is 0 Å². The van der Waals surface area contributed by atoms with Gasteiger partial charge in [-0.1, -0.05) is 0 Å². The maximum atomic E-state index is 12.8. The first-order chi connectivity index (χ1) is 16.9. The normalized spacial score (nSPS) is 22.1. The molecule has 0 spiro atoms. The number of esters is 1. The summed E-state index contributed by atoms with van der Waals surface area (Å²) in [4.78, 5) is 36.0. The minimum Gasteiger partial charge on any atom is -0.441 e. The lowest BCUT2D eigenvalue weighted by Gasteiger charge is -2.33. The molecule has 3 aliphatic rings. The van der Waals surface area contributed by atoms with Crippen molar-refractivity contribution < 1.29 is 40.7 Å². The molecule has 36 heavy (non-hydrogen) atoms. The van der Waals surface area contributed by atoms with Crippen molar-refractivity contribution in [1.82, 2.24) is 14.9 Å². The number of nitrogens with zero attached hydrogens (tertiary/aromatic N) is 1. The Labute approximate surface area is 206 Å². The second-order valence-corrected chi connectivity index (χ2v) is 11.2. The summed E-state index contributed by atoms with van der Waals surface area (Å²) in [5.41, 5.74) is 0.159. The lowest BCUT2D eigenvalue weighted by atomic mass is 10.0. The SMILES string of the molecule is O=C(NC1CCN(S(=O)(=O)CC2CCNCC2)CC1)c1ccc2c(c1)C(OC(=O)C(F)(F)F)C(=O)N2. The highest BCUT2D eigenvalue weighted by atomic mass is 32.2. The van der Waals surface area contributed by atoms with Crippen LogP contribution in [0, 0.1) is 5.92 Å². The van der Waals surface area contributed by atoms with Crippen molar-refractivity contribution >= 4 is 33.5 Å². The van der Waals surface area contributed by atoms with E-state index in [-0.39, 0.29) is 47.6 Å². The molecule has 2 amide bonds. The highest BCUT2D eigenvalue weighted by Crippen LogP contribution is 2.35. The summed E-state index contributed by atoms with van der Waals surface area (Å²) >= 11 is 0. The van der Waals surface area contributed by atoms with Gasteiger partial charge in [0, 0.05) is 35.9 Å². The summed E-state index contributed by atoms with van der Waals surface area (Å²) < 4.78 is 69.1. The molecular weight excluding hydrogens is 505 g/mol. The number of rotatable bonds is 6. The molecule has 4 rings (SSSR count). The van der Waals surface area contributed by atoms with Crippen LogP contribution in [0.1, 0.15) is 47.7 Å². The van der Waals surface area contributed by atoms with E-state index in [9.17, 15) is 36.0 Å². The van der Waals surface area contributed by atoms with Crippen molar-refractivity contribution in [2.75, 3.05) is 37.2 Å². The van der Waals surface area contributed by atoms with Gasteiger partial charge in [0.1, 0.15) is 0 Å². The number of ether oxygens (including phenoxy) is 1. The first kappa shape index (κ1) is 26.4. The molecular formula is C22H27F3N4O6S. The number of nitrogens with one attached hydrogen (secondary N) is 3. The van der Waals surface area contributed by atoms with E-state index in [2.05, 4.69) is 20.7 Å². The molecule has 10 nitrogen and oxygen atoms in total. The number of amides is 2. The summed E-state index contributed by atoms with van der Waals surface area (Å²) in [5, 5.41) is 8.34. The number of fused-ring (bicyclic) bond motifs is 1. The van der Waals surface area contributed by atoms with Crippen LogP contribution < -0.4 is 16.0 Å². The quantitative estimate of drug-likeness (QED) is 0.471. The Hall–Kier alpha value is -2.71. The van der Waals surface area contributed by atoms with Crippen LogP contribution in [0.2, 0.25) is 0 Å². The van der Waals surface area contributed by atoms with Gasteiger partial charge < -0.3 is 20.7 Å². The van der Waals surface area contributed by atoms with Crippen LogP contribution in [0.25, 0.3) is 0 Å². The molecule has 1 unspecified atom stereocenters. The predicted octanol–water partition coefficient (Wildman–Crippen LogP) is 1.31. The van der Waals surface area contributed by atoms with E-state index in [0.29, 0.717) is 12.8 Å². The lowest BCUT2D eigenvalue weighted by Crippen LogP contribution is -2.48. The highest BCUT2D eigenvalue weighted by Gasteiger charge is 2.45. The molecule has 1 atom stereocenters. The van der Waals surface area contributed by atoms with E-state index >= 15 is 0 Å². The van der Waals surface area contributed by atoms with E-state index in [4.69, 9.17) is 0 Å². The van der Waals surface area contributed by atoms with Gasteiger partial charge in [-0.3, -0.25) is 9.59 Å². The van der Waals surface area contributed by atoms with Gasteiger partial charge >= 0.3 is 12.1 Å². The van der Waals surface area contributed by atoms with Gasteiger partial charge in [0.25, 0.3) is 11.8 Å². The van der Waals surface area contributed by atoms with E-state index in [0.717, 1.165) is 25.9 Å². The van der Waals surface area contributed by atoms with Crippen LogP contribution in [-0.4, -0.2) is 74.7 Å². The molecule has 2 fully saturated rings.